The van der Waals surface area contributed by atoms with Crippen LogP contribution in [0.4, 0.5) is 0 Å². The summed E-state index contributed by atoms with van der Waals surface area (Å²) in [6.45, 7) is 7.55. The Labute approximate surface area is 139 Å². The van der Waals surface area contributed by atoms with Crippen LogP contribution >= 0.6 is 12.4 Å². The minimum absolute atomic E-state index is 0. The van der Waals surface area contributed by atoms with E-state index < -0.39 is 0 Å². The molecule has 0 unspecified atom stereocenters. The molecule has 0 aliphatic carbocycles. The van der Waals surface area contributed by atoms with Crippen molar-refractivity contribution < 1.29 is 9.53 Å². The lowest BCUT2D eigenvalue weighted by Gasteiger charge is -2.34. The highest BCUT2D eigenvalue weighted by Crippen LogP contribution is 2.26. The van der Waals surface area contributed by atoms with Crippen molar-refractivity contribution >= 4 is 18.3 Å². The summed E-state index contributed by atoms with van der Waals surface area (Å²) in [5, 5.41) is 6.40. The number of piperidine rings is 1. The molecule has 1 fully saturated rings. The zero-order valence-electron chi connectivity index (χ0n) is 13.5. The van der Waals surface area contributed by atoms with Crippen molar-refractivity contribution in [1.82, 2.24) is 10.6 Å². The summed E-state index contributed by atoms with van der Waals surface area (Å²) in [6.07, 6.45) is 2.64. The summed E-state index contributed by atoms with van der Waals surface area (Å²) in [7, 11) is 0. The minimum Gasteiger partial charge on any atom is -0.493 e. The van der Waals surface area contributed by atoms with E-state index in [1.807, 2.05) is 31.2 Å². The Morgan fingerprint density at radius 2 is 2.09 bits per heavy atom. The van der Waals surface area contributed by atoms with Crippen LogP contribution in [0.25, 0.3) is 0 Å². The van der Waals surface area contributed by atoms with Crippen LogP contribution < -0.4 is 15.4 Å². The lowest BCUT2D eigenvalue weighted by Crippen LogP contribution is -2.43. The second-order valence-electron chi connectivity index (χ2n) is 6.25. The number of carbonyl (C=O) groups is 1. The number of carbonyl (C=O) groups excluding carboxylic acids is 1. The summed E-state index contributed by atoms with van der Waals surface area (Å²) in [6, 6.07) is 7.89. The molecule has 124 valence electrons. The number of nitrogens with one attached hydrogen (secondary N) is 2. The van der Waals surface area contributed by atoms with Gasteiger partial charge in [0.2, 0.25) is 5.91 Å². The third-order valence-electron chi connectivity index (χ3n) is 4.11. The second-order valence-corrected chi connectivity index (χ2v) is 6.25. The van der Waals surface area contributed by atoms with Crippen LogP contribution in [-0.4, -0.2) is 32.1 Å². The number of benzene rings is 1. The van der Waals surface area contributed by atoms with Crippen molar-refractivity contribution in [2.75, 3.05) is 26.2 Å². The number of halogens is 1. The Balaban J connectivity index is 0.00000242. The van der Waals surface area contributed by atoms with Gasteiger partial charge in [0.05, 0.1) is 13.0 Å². The number of amides is 1. The first kappa shape index (κ1) is 18.8. The first-order valence-electron chi connectivity index (χ1n) is 7.74. The molecule has 1 aromatic carbocycles. The van der Waals surface area contributed by atoms with Gasteiger partial charge in [0, 0.05) is 6.54 Å². The molecule has 0 spiro atoms. The van der Waals surface area contributed by atoms with E-state index in [0.29, 0.717) is 13.0 Å². The largest absolute Gasteiger partial charge is 0.493 e. The average Bonchev–Trinajstić information content (AvgIpc) is 2.46. The molecular formula is C17H27ClN2O2. The van der Waals surface area contributed by atoms with E-state index in [0.717, 1.165) is 43.8 Å². The van der Waals surface area contributed by atoms with Crippen LogP contribution in [0, 0.1) is 12.3 Å². The van der Waals surface area contributed by atoms with Gasteiger partial charge in [-0.2, -0.15) is 0 Å². The van der Waals surface area contributed by atoms with Gasteiger partial charge in [-0.3, -0.25) is 4.79 Å². The quantitative estimate of drug-likeness (QED) is 0.845. The smallest absolute Gasteiger partial charge is 0.223 e. The predicted octanol–water partition coefficient (Wildman–Crippen LogP) is 2.69. The van der Waals surface area contributed by atoms with Crippen LogP contribution in [-0.2, 0) is 4.79 Å². The Bertz CT molecular complexity index is 473. The topological polar surface area (TPSA) is 50.4 Å². The number of hydrogen-bond donors (Lipinski definition) is 2. The van der Waals surface area contributed by atoms with Crippen LogP contribution in [0.3, 0.4) is 0 Å². The van der Waals surface area contributed by atoms with E-state index in [-0.39, 0.29) is 23.7 Å². The third kappa shape index (κ3) is 6.24. The molecule has 1 heterocycles. The maximum Gasteiger partial charge on any atom is 0.223 e. The highest BCUT2D eigenvalue weighted by molar-refractivity contribution is 5.85. The Kier molecular flexibility index (Phi) is 7.69. The summed E-state index contributed by atoms with van der Waals surface area (Å²) in [5.74, 6) is 0.899. The van der Waals surface area contributed by atoms with Gasteiger partial charge in [0.15, 0.2) is 0 Å². The molecule has 1 aliphatic rings. The van der Waals surface area contributed by atoms with E-state index in [1.165, 1.54) is 0 Å². The van der Waals surface area contributed by atoms with Crippen molar-refractivity contribution in [2.24, 2.45) is 5.41 Å². The first-order valence-corrected chi connectivity index (χ1v) is 7.74. The maximum atomic E-state index is 11.9. The summed E-state index contributed by atoms with van der Waals surface area (Å²) in [5.41, 5.74) is 1.40. The number of rotatable bonds is 6. The van der Waals surface area contributed by atoms with E-state index in [4.69, 9.17) is 4.74 Å². The lowest BCUT2D eigenvalue weighted by atomic mass is 9.81. The molecule has 1 amide bonds. The number of aryl methyl sites for hydroxylation is 1. The second kappa shape index (κ2) is 9.01. The molecule has 0 saturated carbocycles. The fraction of sp³-hybridized carbons (Fsp3) is 0.588. The molecule has 1 aromatic rings. The minimum atomic E-state index is 0. The van der Waals surface area contributed by atoms with Crippen LogP contribution in [0.15, 0.2) is 24.3 Å². The third-order valence-corrected chi connectivity index (χ3v) is 4.11. The molecule has 22 heavy (non-hydrogen) atoms. The zero-order chi connectivity index (χ0) is 15.1. The van der Waals surface area contributed by atoms with Crippen LogP contribution in [0.1, 0.15) is 31.7 Å². The van der Waals surface area contributed by atoms with E-state index in [9.17, 15) is 4.79 Å². The van der Waals surface area contributed by atoms with Crippen molar-refractivity contribution in [3.8, 4) is 5.75 Å². The molecule has 4 nitrogen and oxygen atoms in total. The fourth-order valence-corrected chi connectivity index (χ4v) is 2.57. The molecule has 1 aliphatic heterocycles. The molecule has 2 N–H and O–H groups in total. The highest BCUT2D eigenvalue weighted by atomic mass is 35.5. The predicted molar refractivity (Wildman–Crippen MR) is 91.8 cm³/mol. The van der Waals surface area contributed by atoms with Crippen molar-refractivity contribution in [2.45, 2.75) is 33.1 Å². The summed E-state index contributed by atoms with van der Waals surface area (Å²) < 4.78 is 5.60. The van der Waals surface area contributed by atoms with Gasteiger partial charge in [-0.25, -0.2) is 0 Å². The Hall–Kier alpha value is -1.26. The Morgan fingerprint density at radius 3 is 2.77 bits per heavy atom. The molecule has 0 radical (unpaired) electrons. The maximum absolute atomic E-state index is 11.9. The van der Waals surface area contributed by atoms with Gasteiger partial charge in [0.1, 0.15) is 5.75 Å². The molecule has 0 atom stereocenters. The van der Waals surface area contributed by atoms with Crippen molar-refractivity contribution in [3.05, 3.63) is 29.8 Å². The SMILES string of the molecule is Cc1cccc(OCCC(=O)NCC2(C)CCNCC2)c1.Cl. The van der Waals surface area contributed by atoms with Gasteiger partial charge >= 0.3 is 0 Å². The highest BCUT2D eigenvalue weighted by Gasteiger charge is 2.26. The lowest BCUT2D eigenvalue weighted by molar-refractivity contribution is -0.122. The van der Waals surface area contributed by atoms with Gasteiger partial charge < -0.3 is 15.4 Å². The summed E-state index contributed by atoms with van der Waals surface area (Å²) >= 11 is 0. The first-order chi connectivity index (χ1) is 10.1. The van der Waals surface area contributed by atoms with Gasteiger partial charge in [-0.1, -0.05) is 19.1 Å². The van der Waals surface area contributed by atoms with Gasteiger partial charge in [0.25, 0.3) is 0 Å². The standard InChI is InChI=1S/C17H26N2O2.ClH/c1-14-4-3-5-15(12-14)21-11-6-16(20)19-13-17(2)7-9-18-10-8-17;/h3-5,12,18H,6-11,13H2,1-2H3,(H,19,20);1H. The zero-order valence-corrected chi connectivity index (χ0v) is 14.3. The molecular weight excluding hydrogens is 300 g/mol. The molecule has 5 heteroatoms. The average molecular weight is 327 g/mol. The van der Waals surface area contributed by atoms with E-state index in [2.05, 4.69) is 17.6 Å². The summed E-state index contributed by atoms with van der Waals surface area (Å²) in [4.78, 5) is 11.9. The van der Waals surface area contributed by atoms with Crippen molar-refractivity contribution in [1.29, 1.82) is 0 Å². The Morgan fingerprint density at radius 1 is 1.36 bits per heavy atom. The van der Waals surface area contributed by atoms with Crippen LogP contribution in [0.2, 0.25) is 0 Å². The number of ether oxygens (including phenoxy) is 1. The van der Waals surface area contributed by atoms with E-state index in [1.54, 1.807) is 0 Å². The van der Waals surface area contributed by atoms with E-state index >= 15 is 0 Å². The van der Waals surface area contributed by atoms with Crippen LogP contribution in [0.5, 0.6) is 5.75 Å². The van der Waals surface area contributed by atoms with Gasteiger partial charge in [-0.05, 0) is 56.0 Å². The monoisotopic (exact) mass is 326 g/mol. The fourth-order valence-electron chi connectivity index (χ4n) is 2.57. The normalized spacial score (nSPS) is 16.5. The molecule has 2 rings (SSSR count). The molecule has 0 bridgehead atoms. The van der Waals surface area contributed by atoms with Crippen molar-refractivity contribution in [3.63, 3.8) is 0 Å². The number of hydrogen-bond acceptors (Lipinski definition) is 3. The molecule has 1 saturated heterocycles. The van der Waals surface area contributed by atoms with Gasteiger partial charge in [-0.15, -0.1) is 12.4 Å². The molecule has 0 aromatic heterocycles.